The molecule has 0 aliphatic carbocycles. The summed E-state index contributed by atoms with van der Waals surface area (Å²) in [4.78, 5) is 25.7. The summed E-state index contributed by atoms with van der Waals surface area (Å²) in [5.41, 5.74) is 6.18. The number of hydrogen-bond donors (Lipinski definition) is 1. The van der Waals surface area contributed by atoms with Crippen LogP contribution in [-0.4, -0.2) is 46.2 Å². The van der Waals surface area contributed by atoms with E-state index in [1.807, 2.05) is 4.90 Å². The molecule has 5 rings (SSSR count). The minimum atomic E-state index is -1.54. The van der Waals surface area contributed by atoms with E-state index in [1.165, 1.54) is 0 Å². The number of carbonyl (C=O) groups excluding carboxylic acids is 2. The second kappa shape index (κ2) is 4.54. The Labute approximate surface area is 125 Å². The lowest BCUT2D eigenvalue weighted by Gasteiger charge is -2.54. The maximum absolute atomic E-state index is 11.9. The van der Waals surface area contributed by atoms with E-state index in [9.17, 15) is 9.59 Å². The van der Waals surface area contributed by atoms with Crippen LogP contribution in [0.3, 0.4) is 0 Å². The van der Waals surface area contributed by atoms with Crippen molar-refractivity contribution in [3.05, 3.63) is 17.8 Å². The Bertz CT molecular complexity index is 641. The van der Waals surface area contributed by atoms with Crippen molar-refractivity contribution in [1.82, 2.24) is 15.2 Å². The number of nitrogens with zero attached hydrogens (tertiary/aromatic N) is 3. The van der Waals surface area contributed by atoms with Crippen LogP contribution in [0.4, 0.5) is 5.82 Å². The zero-order valence-electron chi connectivity index (χ0n) is 11.6. The summed E-state index contributed by atoms with van der Waals surface area (Å²) in [5, 5.41) is 7.44. The zero-order chi connectivity index (χ0) is 15.3. The van der Waals surface area contributed by atoms with Gasteiger partial charge in [-0.3, -0.25) is 0 Å². The predicted octanol–water partition coefficient (Wildman–Crippen LogP) is -0.229. The van der Waals surface area contributed by atoms with Crippen LogP contribution in [0.2, 0.25) is 0 Å². The van der Waals surface area contributed by atoms with Gasteiger partial charge in [0.1, 0.15) is 11.6 Å². The lowest BCUT2D eigenvalue weighted by molar-refractivity contribution is -0.324. The second-order valence-electron chi connectivity index (χ2n) is 5.64. The third-order valence-electron chi connectivity index (χ3n) is 4.53. The van der Waals surface area contributed by atoms with Crippen molar-refractivity contribution in [2.45, 2.75) is 24.7 Å². The highest BCUT2D eigenvalue weighted by molar-refractivity contribution is 5.93. The standard InChI is InChI=1S/C13H14N4O5/c14-12-11(15-22-16-12)10-7-3-5-17(6-4-7)13(10)20-8(18)1-2-9(19)21-13/h1-2,7,10H,3-6H2,(H2,14,16). The van der Waals surface area contributed by atoms with E-state index >= 15 is 0 Å². The van der Waals surface area contributed by atoms with Crippen molar-refractivity contribution in [1.29, 1.82) is 0 Å². The fourth-order valence-corrected chi connectivity index (χ4v) is 3.62. The van der Waals surface area contributed by atoms with Crippen molar-refractivity contribution in [2.75, 3.05) is 18.8 Å². The monoisotopic (exact) mass is 306 g/mol. The van der Waals surface area contributed by atoms with Crippen molar-refractivity contribution in [3.8, 4) is 0 Å². The largest absolute Gasteiger partial charge is 0.404 e. The van der Waals surface area contributed by atoms with Gasteiger partial charge in [0.25, 0.3) is 0 Å². The molecule has 3 saturated heterocycles. The van der Waals surface area contributed by atoms with E-state index in [0.29, 0.717) is 18.8 Å². The summed E-state index contributed by atoms with van der Waals surface area (Å²) >= 11 is 0. The number of carbonyl (C=O) groups is 2. The average Bonchev–Trinajstić information content (AvgIpc) is 2.85. The van der Waals surface area contributed by atoms with Gasteiger partial charge in [0.15, 0.2) is 5.82 Å². The third kappa shape index (κ3) is 1.75. The average molecular weight is 306 g/mol. The molecule has 0 radical (unpaired) electrons. The summed E-state index contributed by atoms with van der Waals surface area (Å²) in [5.74, 6) is -3.11. The molecule has 4 aliphatic heterocycles. The van der Waals surface area contributed by atoms with Gasteiger partial charge in [0, 0.05) is 25.2 Å². The van der Waals surface area contributed by atoms with E-state index < -0.39 is 23.8 Å². The topological polar surface area (TPSA) is 121 Å². The van der Waals surface area contributed by atoms with Crippen LogP contribution in [-0.2, 0) is 19.1 Å². The van der Waals surface area contributed by atoms with Gasteiger partial charge in [-0.05, 0) is 23.9 Å². The molecule has 1 spiro atoms. The Hall–Kier alpha value is -2.42. The van der Waals surface area contributed by atoms with Gasteiger partial charge in [-0.1, -0.05) is 5.16 Å². The Balaban J connectivity index is 1.85. The predicted molar refractivity (Wildman–Crippen MR) is 69.8 cm³/mol. The molecule has 22 heavy (non-hydrogen) atoms. The lowest BCUT2D eigenvalue weighted by Crippen LogP contribution is -2.66. The van der Waals surface area contributed by atoms with Crippen LogP contribution in [0.15, 0.2) is 16.8 Å². The Morgan fingerprint density at radius 1 is 1.14 bits per heavy atom. The molecule has 0 amide bonds. The fraction of sp³-hybridized carbons (Fsp3) is 0.538. The SMILES string of the molecule is Nc1nonc1C1C2CCN(CC2)C12OC(=O)C=CC(=O)O2. The second-order valence-corrected chi connectivity index (χ2v) is 5.64. The maximum atomic E-state index is 11.9. The van der Waals surface area contributed by atoms with Crippen molar-refractivity contribution in [2.24, 2.45) is 5.92 Å². The van der Waals surface area contributed by atoms with E-state index in [1.54, 1.807) is 0 Å². The van der Waals surface area contributed by atoms with E-state index in [4.69, 9.17) is 15.2 Å². The molecule has 9 heteroatoms. The number of esters is 2. The van der Waals surface area contributed by atoms with E-state index in [0.717, 1.165) is 25.0 Å². The van der Waals surface area contributed by atoms with Crippen molar-refractivity contribution < 1.29 is 23.7 Å². The highest BCUT2D eigenvalue weighted by Crippen LogP contribution is 2.52. The molecule has 0 saturated carbocycles. The first-order chi connectivity index (χ1) is 10.6. The number of ether oxygens (including phenoxy) is 2. The first-order valence-corrected chi connectivity index (χ1v) is 7.07. The number of anilines is 1. The zero-order valence-corrected chi connectivity index (χ0v) is 11.6. The number of nitrogen functional groups attached to an aromatic ring is 1. The molecule has 1 unspecified atom stereocenters. The Morgan fingerprint density at radius 3 is 2.32 bits per heavy atom. The highest BCUT2D eigenvalue weighted by atomic mass is 16.8. The molecule has 1 atom stereocenters. The van der Waals surface area contributed by atoms with Crippen LogP contribution in [0.5, 0.6) is 0 Å². The molecule has 2 bridgehead atoms. The molecule has 1 aromatic heterocycles. The van der Waals surface area contributed by atoms with Crippen LogP contribution >= 0.6 is 0 Å². The molecule has 5 heterocycles. The van der Waals surface area contributed by atoms with Crippen molar-refractivity contribution in [3.63, 3.8) is 0 Å². The van der Waals surface area contributed by atoms with Gasteiger partial charge in [0.2, 0.25) is 0 Å². The van der Waals surface area contributed by atoms with Gasteiger partial charge in [-0.25, -0.2) is 19.1 Å². The van der Waals surface area contributed by atoms with Gasteiger partial charge >= 0.3 is 17.8 Å². The Kier molecular flexibility index (Phi) is 2.73. The Morgan fingerprint density at radius 2 is 1.77 bits per heavy atom. The molecule has 116 valence electrons. The summed E-state index contributed by atoms with van der Waals surface area (Å²) in [7, 11) is 0. The first-order valence-electron chi connectivity index (χ1n) is 7.07. The molecule has 1 aromatic rings. The number of fused-ring (bicyclic) bond motifs is 2. The molecule has 3 fully saturated rings. The van der Waals surface area contributed by atoms with Gasteiger partial charge in [-0.2, -0.15) is 0 Å². The summed E-state index contributed by atoms with van der Waals surface area (Å²) in [6, 6.07) is 0. The van der Waals surface area contributed by atoms with Crippen LogP contribution < -0.4 is 5.73 Å². The quantitative estimate of drug-likeness (QED) is 0.701. The number of aromatic nitrogens is 2. The molecule has 9 nitrogen and oxygen atoms in total. The number of rotatable bonds is 1. The van der Waals surface area contributed by atoms with E-state index in [2.05, 4.69) is 14.9 Å². The van der Waals surface area contributed by atoms with Crippen LogP contribution in [0.1, 0.15) is 24.5 Å². The normalized spacial score (nSPS) is 32.6. The van der Waals surface area contributed by atoms with Gasteiger partial charge < -0.3 is 15.2 Å². The van der Waals surface area contributed by atoms with Gasteiger partial charge in [-0.15, -0.1) is 0 Å². The van der Waals surface area contributed by atoms with Crippen LogP contribution in [0.25, 0.3) is 0 Å². The first kappa shape index (κ1) is 13.3. The number of nitrogens with two attached hydrogens (primary N) is 1. The molecule has 2 N–H and O–H groups in total. The van der Waals surface area contributed by atoms with Crippen molar-refractivity contribution >= 4 is 17.8 Å². The van der Waals surface area contributed by atoms with Crippen LogP contribution in [0, 0.1) is 5.92 Å². The maximum Gasteiger partial charge on any atom is 0.335 e. The summed E-state index contributed by atoms with van der Waals surface area (Å²) in [6.45, 7) is 1.32. The van der Waals surface area contributed by atoms with Gasteiger partial charge in [0.05, 0.1) is 0 Å². The van der Waals surface area contributed by atoms with E-state index in [-0.39, 0.29) is 11.7 Å². The highest BCUT2D eigenvalue weighted by Gasteiger charge is 2.62. The third-order valence-corrected chi connectivity index (χ3v) is 4.53. The number of piperidine rings is 3. The molecular formula is C13H14N4O5. The summed E-state index contributed by atoms with van der Waals surface area (Å²) < 4.78 is 15.7. The summed E-state index contributed by atoms with van der Waals surface area (Å²) in [6.07, 6.45) is 3.84. The molecular weight excluding hydrogens is 292 g/mol. The minimum Gasteiger partial charge on any atom is -0.404 e. The lowest BCUT2D eigenvalue weighted by atomic mass is 9.74. The molecule has 0 aromatic carbocycles. The smallest absolute Gasteiger partial charge is 0.335 e. The minimum absolute atomic E-state index is 0.109. The number of hydrogen-bond acceptors (Lipinski definition) is 9. The fourth-order valence-electron chi connectivity index (χ4n) is 3.62. The molecule has 4 aliphatic rings.